The van der Waals surface area contributed by atoms with Crippen molar-refractivity contribution in [2.75, 3.05) is 12.4 Å². The highest BCUT2D eigenvalue weighted by Gasteiger charge is 2.08. The predicted octanol–water partition coefficient (Wildman–Crippen LogP) is 2.37. The van der Waals surface area contributed by atoms with E-state index in [2.05, 4.69) is 15.0 Å². The maximum atomic E-state index is 11.8. The Morgan fingerprint density at radius 2 is 2.10 bits per heavy atom. The van der Waals surface area contributed by atoms with Crippen molar-refractivity contribution < 1.29 is 14.3 Å². The van der Waals surface area contributed by atoms with E-state index in [9.17, 15) is 9.59 Å². The van der Waals surface area contributed by atoms with Crippen molar-refractivity contribution in [1.29, 1.82) is 0 Å². The van der Waals surface area contributed by atoms with Gasteiger partial charge in [0.15, 0.2) is 0 Å². The maximum absolute atomic E-state index is 11.8. The molecule has 5 nitrogen and oxygen atoms in total. The van der Waals surface area contributed by atoms with Gasteiger partial charge in [0.05, 0.1) is 12.7 Å². The summed E-state index contributed by atoms with van der Waals surface area (Å²) < 4.78 is 4.64. The van der Waals surface area contributed by atoms with Crippen molar-refractivity contribution in [2.24, 2.45) is 0 Å². The Balaban J connectivity index is 1.92. The van der Waals surface area contributed by atoms with E-state index >= 15 is 0 Å². The molecule has 1 aromatic carbocycles. The molecule has 2 aromatic rings. The number of rotatable bonds is 5. The van der Waals surface area contributed by atoms with Crippen LogP contribution in [0.2, 0.25) is 0 Å². The van der Waals surface area contributed by atoms with Gasteiger partial charge >= 0.3 is 5.97 Å². The first-order valence-electron chi connectivity index (χ1n) is 6.29. The molecule has 2 N–H and O–H groups in total. The van der Waals surface area contributed by atoms with Crippen LogP contribution in [0.1, 0.15) is 22.5 Å². The molecule has 20 heavy (non-hydrogen) atoms. The average molecular weight is 272 g/mol. The highest BCUT2D eigenvalue weighted by atomic mass is 16.5. The van der Waals surface area contributed by atoms with Gasteiger partial charge in [-0.3, -0.25) is 4.79 Å². The van der Waals surface area contributed by atoms with Crippen LogP contribution in [0.25, 0.3) is 0 Å². The number of hydrogen-bond donors (Lipinski definition) is 2. The lowest BCUT2D eigenvalue weighted by atomic mass is 10.2. The summed E-state index contributed by atoms with van der Waals surface area (Å²) in [6, 6.07) is 10.5. The highest BCUT2D eigenvalue weighted by molar-refractivity contribution is 5.94. The minimum Gasteiger partial charge on any atom is -0.465 e. The third-order valence-corrected chi connectivity index (χ3v) is 2.85. The zero-order valence-electron chi connectivity index (χ0n) is 11.2. The lowest BCUT2D eigenvalue weighted by Crippen LogP contribution is -2.13. The minimum absolute atomic E-state index is 0.0957. The molecule has 0 saturated heterocycles. The minimum atomic E-state index is -0.424. The van der Waals surface area contributed by atoms with E-state index < -0.39 is 5.97 Å². The summed E-state index contributed by atoms with van der Waals surface area (Å²) in [5.41, 5.74) is 2.02. The fraction of sp³-hybridized carbons (Fsp3) is 0.200. The molecular weight excluding hydrogens is 256 g/mol. The van der Waals surface area contributed by atoms with Crippen molar-refractivity contribution in [3.8, 4) is 0 Å². The van der Waals surface area contributed by atoms with Gasteiger partial charge in [-0.25, -0.2) is 4.79 Å². The number of carbonyl (C=O) groups excluding carboxylic acids is 2. The van der Waals surface area contributed by atoms with Crippen LogP contribution >= 0.6 is 0 Å². The lowest BCUT2D eigenvalue weighted by molar-refractivity contribution is -0.116. The largest absolute Gasteiger partial charge is 0.465 e. The number of esters is 1. The number of amides is 1. The molecule has 5 heteroatoms. The molecule has 0 unspecified atom stereocenters. The number of aromatic amines is 1. The van der Waals surface area contributed by atoms with Crippen molar-refractivity contribution in [3.63, 3.8) is 0 Å². The van der Waals surface area contributed by atoms with Gasteiger partial charge in [-0.2, -0.15) is 0 Å². The van der Waals surface area contributed by atoms with Gasteiger partial charge in [0.2, 0.25) is 5.91 Å². The summed E-state index contributed by atoms with van der Waals surface area (Å²) >= 11 is 0. The fourth-order valence-corrected chi connectivity index (χ4v) is 1.84. The van der Waals surface area contributed by atoms with Gasteiger partial charge in [-0.05, 0) is 36.8 Å². The smallest absolute Gasteiger partial charge is 0.337 e. The molecule has 0 fully saturated rings. The highest BCUT2D eigenvalue weighted by Crippen LogP contribution is 2.12. The third kappa shape index (κ3) is 3.71. The number of ether oxygens (including phenoxy) is 1. The van der Waals surface area contributed by atoms with Gasteiger partial charge in [0.1, 0.15) is 0 Å². The van der Waals surface area contributed by atoms with Crippen LogP contribution in [0.5, 0.6) is 0 Å². The van der Waals surface area contributed by atoms with Crippen LogP contribution in [0.4, 0.5) is 5.69 Å². The molecule has 0 aliphatic rings. The molecule has 0 saturated carbocycles. The summed E-state index contributed by atoms with van der Waals surface area (Å²) in [7, 11) is 1.32. The first-order valence-corrected chi connectivity index (χ1v) is 6.29. The van der Waals surface area contributed by atoms with Crippen LogP contribution in [0.3, 0.4) is 0 Å². The van der Waals surface area contributed by atoms with E-state index in [4.69, 9.17) is 0 Å². The topological polar surface area (TPSA) is 71.2 Å². The van der Waals surface area contributed by atoms with Crippen molar-refractivity contribution >= 4 is 17.6 Å². The van der Waals surface area contributed by atoms with Crippen LogP contribution < -0.4 is 5.32 Å². The van der Waals surface area contributed by atoms with Crippen LogP contribution in [0.15, 0.2) is 42.6 Å². The summed E-state index contributed by atoms with van der Waals surface area (Å²) in [5, 5.41) is 2.76. The Morgan fingerprint density at radius 3 is 2.80 bits per heavy atom. The molecule has 0 aliphatic heterocycles. The molecule has 0 atom stereocenters. The number of benzene rings is 1. The number of H-pyrrole nitrogens is 1. The molecule has 1 aromatic heterocycles. The van der Waals surface area contributed by atoms with E-state index in [0.29, 0.717) is 24.1 Å². The number of aromatic nitrogens is 1. The van der Waals surface area contributed by atoms with E-state index in [1.807, 2.05) is 18.3 Å². The van der Waals surface area contributed by atoms with Crippen LogP contribution in [-0.4, -0.2) is 24.0 Å². The molecule has 0 radical (unpaired) electrons. The molecule has 104 valence electrons. The second-order valence-corrected chi connectivity index (χ2v) is 4.32. The lowest BCUT2D eigenvalue weighted by Gasteiger charge is -2.06. The standard InChI is InChI=1S/C15H16N2O3/c1-20-15(19)11-4-2-5-13(10-11)17-14(18)8-7-12-6-3-9-16-12/h2-6,9-10,16H,7-8H2,1H3,(H,17,18). The zero-order chi connectivity index (χ0) is 14.4. The van der Waals surface area contributed by atoms with Crippen molar-refractivity contribution in [2.45, 2.75) is 12.8 Å². The molecule has 0 aliphatic carbocycles. The van der Waals surface area contributed by atoms with Gasteiger partial charge in [-0.15, -0.1) is 0 Å². The second-order valence-electron chi connectivity index (χ2n) is 4.32. The maximum Gasteiger partial charge on any atom is 0.337 e. The average Bonchev–Trinajstić information content (AvgIpc) is 2.98. The summed E-state index contributed by atoms with van der Waals surface area (Å²) in [5.74, 6) is -0.519. The van der Waals surface area contributed by atoms with E-state index in [1.165, 1.54) is 7.11 Å². The summed E-state index contributed by atoms with van der Waals surface area (Å²) in [6.07, 6.45) is 2.85. The van der Waals surface area contributed by atoms with Crippen molar-refractivity contribution in [1.82, 2.24) is 4.98 Å². The summed E-state index contributed by atoms with van der Waals surface area (Å²) in [6.45, 7) is 0. The fourth-order valence-electron chi connectivity index (χ4n) is 1.84. The number of aryl methyl sites for hydroxylation is 1. The monoisotopic (exact) mass is 272 g/mol. The molecule has 0 bridgehead atoms. The van der Waals surface area contributed by atoms with E-state index in [-0.39, 0.29) is 5.91 Å². The Labute approximate surface area is 117 Å². The SMILES string of the molecule is COC(=O)c1cccc(NC(=O)CCc2ccc[nH]2)c1. The number of methoxy groups -OCH3 is 1. The molecule has 0 spiro atoms. The molecule has 2 rings (SSSR count). The summed E-state index contributed by atoms with van der Waals surface area (Å²) in [4.78, 5) is 26.3. The molecular formula is C15H16N2O3. The second kappa shape index (κ2) is 6.56. The molecule has 1 heterocycles. The quantitative estimate of drug-likeness (QED) is 0.821. The Morgan fingerprint density at radius 1 is 1.25 bits per heavy atom. The van der Waals surface area contributed by atoms with Crippen LogP contribution in [-0.2, 0) is 16.0 Å². The zero-order valence-corrected chi connectivity index (χ0v) is 11.2. The third-order valence-electron chi connectivity index (χ3n) is 2.85. The number of nitrogens with one attached hydrogen (secondary N) is 2. The van der Waals surface area contributed by atoms with E-state index in [1.54, 1.807) is 24.3 Å². The molecule has 1 amide bonds. The number of hydrogen-bond acceptors (Lipinski definition) is 3. The Kier molecular flexibility index (Phi) is 4.55. The van der Waals surface area contributed by atoms with Gasteiger partial charge in [0.25, 0.3) is 0 Å². The van der Waals surface area contributed by atoms with E-state index in [0.717, 1.165) is 5.69 Å². The first-order chi connectivity index (χ1) is 9.69. The van der Waals surface area contributed by atoms with Gasteiger partial charge in [-0.1, -0.05) is 6.07 Å². The number of carbonyl (C=O) groups is 2. The van der Waals surface area contributed by atoms with Crippen LogP contribution in [0, 0.1) is 0 Å². The number of anilines is 1. The van der Waals surface area contributed by atoms with Crippen molar-refractivity contribution in [3.05, 3.63) is 53.9 Å². The van der Waals surface area contributed by atoms with Gasteiger partial charge in [0, 0.05) is 24.0 Å². The first kappa shape index (κ1) is 13.9. The Hall–Kier alpha value is -2.56. The van der Waals surface area contributed by atoms with Gasteiger partial charge < -0.3 is 15.0 Å². The Bertz CT molecular complexity index is 591. The normalized spacial score (nSPS) is 10.1. The predicted molar refractivity (Wildman–Crippen MR) is 75.5 cm³/mol.